The molecule has 0 aliphatic heterocycles. The van der Waals surface area contributed by atoms with Crippen molar-refractivity contribution in [2.45, 2.75) is 0 Å². The summed E-state index contributed by atoms with van der Waals surface area (Å²) in [6.45, 7) is 0. The molecule has 6 heteroatoms. The van der Waals surface area contributed by atoms with Gasteiger partial charge in [0.1, 0.15) is 21.6 Å². The number of nitrogens with zero attached hydrogens (tertiary/aromatic N) is 2. The van der Waals surface area contributed by atoms with Crippen LogP contribution in [0.5, 0.6) is 0 Å². The highest BCUT2D eigenvalue weighted by Crippen LogP contribution is 2.21. The Kier molecular flexibility index (Phi) is 3.57. The van der Waals surface area contributed by atoms with Crippen molar-refractivity contribution in [1.29, 1.82) is 5.26 Å². The van der Waals surface area contributed by atoms with Crippen LogP contribution in [0.25, 0.3) is 11.1 Å². The van der Waals surface area contributed by atoms with Crippen LogP contribution in [-0.4, -0.2) is 14.1 Å². The number of fused-ring (bicyclic) bond motifs is 1. The third kappa shape index (κ3) is 2.59. The second-order valence-corrected chi connectivity index (χ2v) is 5.24. The molecule has 0 N–H and O–H groups in total. The summed E-state index contributed by atoms with van der Waals surface area (Å²) in [4.78, 5) is 4.66. The van der Waals surface area contributed by atoms with Crippen LogP contribution >= 0.6 is 11.6 Å². The first kappa shape index (κ1) is 13.6. The lowest BCUT2D eigenvalue weighted by Gasteiger charge is -1.98. The largest absolute Gasteiger partial charge is 0.435 e. The van der Waals surface area contributed by atoms with Crippen LogP contribution in [0.1, 0.15) is 17.0 Å². The number of nitriles is 1. The summed E-state index contributed by atoms with van der Waals surface area (Å²) < 4.78 is 17.0. The third-order valence-corrected chi connectivity index (χ3v) is 3.72. The zero-order valence-electron chi connectivity index (χ0n) is 10.5. The first-order valence-corrected chi connectivity index (χ1v) is 7.07. The molecule has 102 valence electrons. The number of oxazole rings is 1. The van der Waals surface area contributed by atoms with Crippen LogP contribution < -0.4 is 0 Å². The fourth-order valence-electron chi connectivity index (χ4n) is 1.90. The van der Waals surface area contributed by atoms with E-state index in [-0.39, 0.29) is 5.89 Å². The molecule has 1 heterocycles. The van der Waals surface area contributed by atoms with Crippen LogP contribution in [0.15, 0.2) is 46.9 Å². The van der Waals surface area contributed by atoms with Crippen LogP contribution in [-0.2, 0) is 11.3 Å². The number of benzene rings is 2. The molecule has 0 spiro atoms. The van der Waals surface area contributed by atoms with Gasteiger partial charge in [-0.3, -0.25) is 0 Å². The maximum Gasteiger partial charge on any atom is 0.241 e. The third-order valence-electron chi connectivity index (χ3n) is 2.90. The minimum absolute atomic E-state index is 0.247. The number of aromatic nitrogens is 1. The molecule has 0 aliphatic carbocycles. The minimum Gasteiger partial charge on any atom is -0.435 e. The normalized spacial score (nSPS) is 10.3. The Morgan fingerprint density at radius 3 is 2.67 bits per heavy atom. The van der Waals surface area contributed by atoms with Gasteiger partial charge in [0.2, 0.25) is 5.89 Å². The van der Waals surface area contributed by atoms with E-state index >= 15 is 0 Å². The van der Waals surface area contributed by atoms with Gasteiger partial charge in [-0.05, 0) is 24.3 Å². The fraction of sp³-hybridized carbons (Fsp3) is 0. The molecule has 3 rings (SSSR count). The quantitative estimate of drug-likeness (QED) is 0.538. The Bertz CT molecular complexity index is 919. The summed E-state index contributed by atoms with van der Waals surface area (Å²) in [6.07, 6.45) is 0. The second kappa shape index (κ2) is 5.52. The van der Waals surface area contributed by atoms with Gasteiger partial charge in [-0.1, -0.05) is 23.7 Å². The zero-order chi connectivity index (χ0) is 14.8. The molecule has 0 unspecified atom stereocenters. The smallest absolute Gasteiger partial charge is 0.241 e. The molecule has 3 aromatic rings. The van der Waals surface area contributed by atoms with Crippen molar-refractivity contribution in [3.8, 4) is 6.07 Å². The molecule has 0 amide bonds. The average Bonchev–Trinajstić information content (AvgIpc) is 2.91. The predicted molar refractivity (Wildman–Crippen MR) is 81.5 cm³/mol. The Morgan fingerprint density at radius 2 is 2.00 bits per heavy atom. The second-order valence-electron chi connectivity index (χ2n) is 4.23. The lowest BCUT2D eigenvalue weighted by molar-refractivity contribution is 0.592. The predicted octanol–water partition coefficient (Wildman–Crippen LogP) is 3.13. The Hall–Kier alpha value is -2.42. The first-order chi connectivity index (χ1) is 10.2. The van der Waals surface area contributed by atoms with Crippen molar-refractivity contribution >= 4 is 38.8 Å². The van der Waals surface area contributed by atoms with Crippen LogP contribution in [0.4, 0.5) is 0 Å². The maximum atomic E-state index is 11.4. The van der Waals surface area contributed by atoms with E-state index in [0.29, 0.717) is 43.4 Å². The first-order valence-electron chi connectivity index (χ1n) is 5.95. The number of hydrogen-bond donors (Lipinski definition) is 0. The Balaban J connectivity index is 2.09. The Morgan fingerprint density at radius 1 is 1.24 bits per heavy atom. The maximum absolute atomic E-state index is 11.4. The summed E-state index contributed by atoms with van der Waals surface area (Å²) in [5.74, 6) is 0.247. The molecule has 0 bridgehead atoms. The van der Waals surface area contributed by atoms with E-state index in [1.807, 2.05) is 6.07 Å². The highest BCUT2D eigenvalue weighted by atomic mass is 35.5. The molecule has 1 aromatic heterocycles. The molecule has 0 saturated heterocycles. The van der Waals surface area contributed by atoms with Crippen LogP contribution in [0, 0.1) is 11.3 Å². The molecule has 0 radical (unpaired) electrons. The van der Waals surface area contributed by atoms with E-state index in [9.17, 15) is 4.21 Å². The standard InChI is InChI=1S/C15H7ClN2O2S/c16-11-5-6-12-13(7-11)20-15(18-12)14(21-19)10-3-1-9(8-17)2-4-10/h1-7H. The van der Waals surface area contributed by atoms with Gasteiger partial charge in [0.05, 0.1) is 11.6 Å². The highest BCUT2D eigenvalue weighted by Gasteiger charge is 2.14. The minimum atomic E-state index is 0.247. The monoisotopic (exact) mass is 314 g/mol. The van der Waals surface area contributed by atoms with Crippen molar-refractivity contribution in [2.24, 2.45) is 0 Å². The summed E-state index contributed by atoms with van der Waals surface area (Å²) in [5, 5.41) is 9.34. The molecule has 2 aromatic carbocycles. The van der Waals surface area contributed by atoms with Crippen molar-refractivity contribution < 1.29 is 8.63 Å². The van der Waals surface area contributed by atoms with Gasteiger partial charge >= 0.3 is 0 Å². The van der Waals surface area contributed by atoms with Gasteiger partial charge in [-0.25, -0.2) is 9.19 Å². The van der Waals surface area contributed by atoms with E-state index in [4.69, 9.17) is 21.3 Å². The zero-order valence-corrected chi connectivity index (χ0v) is 12.1. The van der Waals surface area contributed by atoms with Crippen molar-refractivity contribution in [3.05, 3.63) is 64.5 Å². The van der Waals surface area contributed by atoms with E-state index in [0.717, 1.165) is 0 Å². The summed E-state index contributed by atoms with van der Waals surface area (Å²) >= 11 is 6.20. The average molecular weight is 315 g/mol. The van der Waals surface area contributed by atoms with Crippen molar-refractivity contribution in [1.82, 2.24) is 4.98 Å². The summed E-state index contributed by atoms with van der Waals surface area (Å²) in [5.41, 5.74) is 2.34. The molecule has 0 atom stereocenters. The van der Waals surface area contributed by atoms with Gasteiger partial charge in [-0.2, -0.15) is 5.26 Å². The highest BCUT2D eigenvalue weighted by molar-refractivity contribution is 7.67. The van der Waals surface area contributed by atoms with Gasteiger partial charge in [-0.15, -0.1) is 0 Å². The number of halogens is 1. The molecule has 0 saturated carbocycles. The molecule has 0 fully saturated rings. The SMILES string of the molecule is N#Cc1ccc(C(=S=O)c2nc3ccc(Cl)cc3o2)cc1. The fourth-order valence-corrected chi connectivity index (χ4v) is 2.45. The summed E-state index contributed by atoms with van der Waals surface area (Å²) in [6, 6.07) is 13.8. The van der Waals surface area contributed by atoms with Gasteiger partial charge in [0.15, 0.2) is 5.58 Å². The lowest BCUT2D eigenvalue weighted by atomic mass is 10.1. The van der Waals surface area contributed by atoms with E-state index in [2.05, 4.69) is 4.98 Å². The number of hydrogen-bond acceptors (Lipinski definition) is 4. The van der Waals surface area contributed by atoms with Crippen LogP contribution in [0.2, 0.25) is 5.02 Å². The van der Waals surface area contributed by atoms with E-state index < -0.39 is 0 Å². The number of rotatable bonds is 2. The molecule has 0 aliphatic rings. The van der Waals surface area contributed by atoms with Crippen molar-refractivity contribution in [2.75, 3.05) is 0 Å². The lowest BCUT2D eigenvalue weighted by Crippen LogP contribution is -2.03. The van der Waals surface area contributed by atoms with Crippen LogP contribution in [0.3, 0.4) is 0 Å². The molecule has 21 heavy (non-hydrogen) atoms. The van der Waals surface area contributed by atoms with Gasteiger partial charge in [0, 0.05) is 16.7 Å². The molecular weight excluding hydrogens is 308 g/mol. The topological polar surface area (TPSA) is 66.9 Å². The van der Waals surface area contributed by atoms with E-state index in [1.54, 1.807) is 42.5 Å². The van der Waals surface area contributed by atoms with E-state index in [1.165, 1.54) is 0 Å². The van der Waals surface area contributed by atoms with Gasteiger partial charge in [0.25, 0.3) is 0 Å². The molecule has 4 nitrogen and oxygen atoms in total. The Labute approximate surface area is 128 Å². The van der Waals surface area contributed by atoms with Crippen molar-refractivity contribution in [3.63, 3.8) is 0 Å². The summed E-state index contributed by atoms with van der Waals surface area (Å²) in [7, 11) is 0. The van der Waals surface area contributed by atoms with Gasteiger partial charge < -0.3 is 4.42 Å². The molecular formula is C15H7ClN2O2S.